The lowest BCUT2D eigenvalue weighted by atomic mass is 10.0. The van der Waals surface area contributed by atoms with Gasteiger partial charge in [-0.15, -0.1) is 0 Å². The van der Waals surface area contributed by atoms with E-state index in [4.69, 9.17) is 5.73 Å². The number of benzene rings is 1. The van der Waals surface area contributed by atoms with E-state index in [1.165, 1.54) is 5.56 Å². The van der Waals surface area contributed by atoms with Crippen molar-refractivity contribution < 1.29 is 4.79 Å². The molecule has 8 heteroatoms. The van der Waals surface area contributed by atoms with Gasteiger partial charge in [-0.2, -0.15) is 5.10 Å². The first kappa shape index (κ1) is 19.1. The molecule has 2 aromatic heterocycles. The van der Waals surface area contributed by atoms with Crippen molar-refractivity contribution in [1.82, 2.24) is 24.6 Å². The molecular weight excluding hydrogens is 366 g/mol. The van der Waals surface area contributed by atoms with Gasteiger partial charge in [0.2, 0.25) is 5.91 Å². The summed E-state index contributed by atoms with van der Waals surface area (Å²) in [6.07, 6.45) is 5.43. The second-order valence-corrected chi connectivity index (χ2v) is 7.32. The van der Waals surface area contributed by atoms with Gasteiger partial charge in [0.05, 0.1) is 5.69 Å². The Morgan fingerprint density at radius 3 is 2.52 bits per heavy atom. The molecule has 0 saturated carbocycles. The number of aryl methyl sites for hydroxylation is 2. The van der Waals surface area contributed by atoms with E-state index in [-0.39, 0.29) is 0 Å². The van der Waals surface area contributed by atoms with Gasteiger partial charge in [0.15, 0.2) is 5.82 Å². The Balaban J connectivity index is 1.53. The topological polar surface area (TPSA) is 93.2 Å². The summed E-state index contributed by atoms with van der Waals surface area (Å²) in [5.74, 6) is 0.326. The van der Waals surface area contributed by atoms with Crippen molar-refractivity contribution in [3.05, 3.63) is 59.7 Å². The monoisotopic (exact) mass is 391 g/mol. The third-order valence-corrected chi connectivity index (χ3v) is 5.31. The van der Waals surface area contributed by atoms with Crippen molar-refractivity contribution in [1.29, 1.82) is 0 Å². The third-order valence-electron chi connectivity index (χ3n) is 5.31. The molecule has 29 heavy (non-hydrogen) atoms. The minimum absolute atomic E-state index is 0.458. The highest BCUT2D eigenvalue weighted by Gasteiger charge is 2.23. The smallest absolute Gasteiger partial charge is 0.249 e. The van der Waals surface area contributed by atoms with E-state index >= 15 is 0 Å². The first-order chi connectivity index (χ1) is 14.0. The van der Waals surface area contributed by atoms with Crippen molar-refractivity contribution in [3.63, 3.8) is 0 Å². The summed E-state index contributed by atoms with van der Waals surface area (Å²) in [6.45, 7) is 6.45. The van der Waals surface area contributed by atoms with E-state index < -0.39 is 5.91 Å². The maximum absolute atomic E-state index is 11.9. The number of amides is 1. The Morgan fingerprint density at radius 1 is 1.10 bits per heavy atom. The van der Waals surface area contributed by atoms with Gasteiger partial charge in [0, 0.05) is 75.1 Å². The molecule has 2 N–H and O–H groups in total. The number of hydrogen-bond acceptors (Lipinski definition) is 6. The summed E-state index contributed by atoms with van der Waals surface area (Å²) < 4.78 is 1.86. The number of primary amides is 1. The standard InChI is InChI=1S/C21H25N7O/c1-15-16(13-26(2)25-15)14-27-9-11-28(12-10-27)21-19(23-7-8-24-21)17-5-3-4-6-18(17)20(22)29/h3-8,13H,9-12,14H2,1-2H3,(H2,22,29). The molecule has 1 amide bonds. The van der Waals surface area contributed by atoms with Gasteiger partial charge in [-0.05, 0) is 13.0 Å². The van der Waals surface area contributed by atoms with Crippen LogP contribution in [0.5, 0.6) is 0 Å². The minimum atomic E-state index is -0.464. The van der Waals surface area contributed by atoms with Gasteiger partial charge in [-0.3, -0.25) is 19.4 Å². The van der Waals surface area contributed by atoms with Crippen molar-refractivity contribution in [2.24, 2.45) is 12.8 Å². The van der Waals surface area contributed by atoms with Crippen LogP contribution in [0.1, 0.15) is 21.6 Å². The summed E-state index contributed by atoms with van der Waals surface area (Å²) in [6, 6.07) is 7.28. The van der Waals surface area contributed by atoms with E-state index in [2.05, 4.69) is 31.1 Å². The predicted molar refractivity (Wildman–Crippen MR) is 111 cm³/mol. The van der Waals surface area contributed by atoms with E-state index in [1.54, 1.807) is 24.5 Å². The second-order valence-electron chi connectivity index (χ2n) is 7.32. The molecule has 0 aliphatic carbocycles. The van der Waals surface area contributed by atoms with Crippen molar-refractivity contribution >= 4 is 11.7 Å². The number of carbonyl (C=O) groups is 1. The Morgan fingerprint density at radius 2 is 1.83 bits per heavy atom. The lowest BCUT2D eigenvalue weighted by Crippen LogP contribution is -2.46. The van der Waals surface area contributed by atoms with Crippen LogP contribution >= 0.6 is 0 Å². The van der Waals surface area contributed by atoms with E-state index in [1.807, 2.05) is 30.8 Å². The summed E-state index contributed by atoms with van der Waals surface area (Å²) in [4.78, 5) is 25.6. The maximum atomic E-state index is 11.9. The third kappa shape index (κ3) is 3.97. The van der Waals surface area contributed by atoms with Crippen LogP contribution in [0.25, 0.3) is 11.3 Å². The molecule has 0 spiro atoms. The lowest BCUT2D eigenvalue weighted by molar-refractivity contribution is 0.100. The zero-order valence-electron chi connectivity index (χ0n) is 16.7. The number of nitrogens with two attached hydrogens (primary N) is 1. The molecular formula is C21H25N7O. The van der Waals surface area contributed by atoms with E-state index in [9.17, 15) is 4.79 Å². The average molecular weight is 391 g/mol. The van der Waals surface area contributed by atoms with Crippen molar-refractivity contribution in [2.45, 2.75) is 13.5 Å². The Bertz CT molecular complexity index is 1020. The fourth-order valence-electron chi connectivity index (χ4n) is 3.82. The molecule has 8 nitrogen and oxygen atoms in total. The molecule has 0 atom stereocenters. The maximum Gasteiger partial charge on any atom is 0.249 e. The van der Waals surface area contributed by atoms with E-state index in [0.717, 1.165) is 49.8 Å². The fraction of sp³-hybridized carbons (Fsp3) is 0.333. The largest absolute Gasteiger partial charge is 0.366 e. The molecule has 3 heterocycles. The SMILES string of the molecule is Cc1nn(C)cc1CN1CCN(c2nccnc2-c2ccccc2C(N)=O)CC1. The van der Waals surface area contributed by atoms with Crippen LogP contribution in [0, 0.1) is 6.92 Å². The Kier molecular flexibility index (Phi) is 5.26. The van der Waals surface area contributed by atoms with Crippen molar-refractivity contribution in [3.8, 4) is 11.3 Å². The molecule has 150 valence electrons. The fourth-order valence-corrected chi connectivity index (χ4v) is 3.82. The summed E-state index contributed by atoms with van der Waals surface area (Å²) in [5, 5.41) is 4.43. The number of aromatic nitrogens is 4. The van der Waals surface area contributed by atoms with Crippen LogP contribution in [-0.2, 0) is 13.6 Å². The number of anilines is 1. The summed E-state index contributed by atoms with van der Waals surface area (Å²) >= 11 is 0. The van der Waals surface area contributed by atoms with Gasteiger partial charge in [-0.1, -0.05) is 18.2 Å². The van der Waals surface area contributed by atoms with Crippen LogP contribution in [0.4, 0.5) is 5.82 Å². The molecule has 1 aromatic carbocycles. The normalized spacial score (nSPS) is 14.9. The Hall–Kier alpha value is -3.26. The molecule has 3 aromatic rings. The number of carbonyl (C=O) groups excluding carboxylic acids is 1. The molecule has 0 unspecified atom stereocenters. The van der Waals surface area contributed by atoms with Crippen LogP contribution in [-0.4, -0.2) is 56.7 Å². The van der Waals surface area contributed by atoms with Gasteiger partial charge >= 0.3 is 0 Å². The molecule has 1 fully saturated rings. The molecule has 0 bridgehead atoms. The lowest BCUT2D eigenvalue weighted by Gasteiger charge is -2.36. The highest BCUT2D eigenvalue weighted by Crippen LogP contribution is 2.30. The van der Waals surface area contributed by atoms with Crippen LogP contribution in [0.15, 0.2) is 42.9 Å². The van der Waals surface area contributed by atoms with Gasteiger partial charge in [-0.25, -0.2) is 4.98 Å². The van der Waals surface area contributed by atoms with E-state index in [0.29, 0.717) is 11.3 Å². The number of hydrogen-bond donors (Lipinski definition) is 1. The summed E-state index contributed by atoms with van der Waals surface area (Å²) in [7, 11) is 1.95. The quantitative estimate of drug-likeness (QED) is 0.710. The molecule has 4 rings (SSSR count). The highest BCUT2D eigenvalue weighted by atomic mass is 16.1. The zero-order chi connectivity index (χ0) is 20.4. The highest BCUT2D eigenvalue weighted by molar-refractivity contribution is 6.00. The first-order valence-corrected chi connectivity index (χ1v) is 9.69. The average Bonchev–Trinajstić information content (AvgIpc) is 3.05. The van der Waals surface area contributed by atoms with Gasteiger partial charge in [0.1, 0.15) is 5.69 Å². The van der Waals surface area contributed by atoms with Crippen LogP contribution in [0.2, 0.25) is 0 Å². The second kappa shape index (κ2) is 8.00. The Labute approximate surface area is 170 Å². The number of nitrogens with zero attached hydrogens (tertiary/aromatic N) is 6. The van der Waals surface area contributed by atoms with Crippen molar-refractivity contribution in [2.75, 3.05) is 31.1 Å². The summed E-state index contributed by atoms with van der Waals surface area (Å²) in [5.41, 5.74) is 9.78. The molecule has 1 aliphatic rings. The van der Waals surface area contributed by atoms with Gasteiger partial charge < -0.3 is 10.6 Å². The molecule has 0 radical (unpaired) electrons. The number of piperazine rings is 1. The van der Waals surface area contributed by atoms with Gasteiger partial charge in [0.25, 0.3) is 0 Å². The molecule has 1 saturated heterocycles. The zero-order valence-corrected chi connectivity index (χ0v) is 16.7. The number of rotatable bonds is 5. The molecule has 1 aliphatic heterocycles. The first-order valence-electron chi connectivity index (χ1n) is 9.69. The predicted octanol–water partition coefficient (Wildman–Crippen LogP) is 1.61. The minimum Gasteiger partial charge on any atom is -0.366 e. The van der Waals surface area contributed by atoms with Crippen LogP contribution in [0.3, 0.4) is 0 Å². The van der Waals surface area contributed by atoms with Crippen LogP contribution < -0.4 is 10.6 Å².